The average Bonchev–Trinajstić information content (AvgIpc) is 3.17. The van der Waals surface area contributed by atoms with Gasteiger partial charge in [-0.05, 0) is 35.4 Å². The molecule has 8 nitrogen and oxygen atoms in total. The number of amides is 3. The van der Waals surface area contributed by atoms with Gasteiger partial charge in [0.25, 0.3) is 5.89 Å². The Morgan fingerprint density at radius 2 is 1.90 bits per heavy atom. The van der Waals surface area contributed by atoms with E-state index in [1.54, 1.807) is 48.6 Å². The maximum atomic E-state index is 13.1. The van der Waals surface area contributed by atoms with E-state index in [-0.39, 0.29) is 30.8 Å². The van der Waals surface area contributed by atoms with E-state index in [1.165, 1.54) is 17.0 Å². The topological polar surface area (TPSA) is 91.6 Å². The lowest BCUT2D eigenvalue weighted by Crippen LogP contribution is -2.44. The fourth-order valence-corrected chi connectivity index (χ4v) is 3.04. The van der Waals surface area contributed by atoms with Gasteiger partial charge >= 0.3 is 11.9 Å². The van der Waals surface area contributed by atoms with E-state index in [1.807, 2.05) is 0 Å². The molecule has 0 aliphatic carbocycles. The van der Waals surface area contributed by atoms with Crippen molar-refractivity contribution in [1.29, 1.82) is 0 Å². The SMILES string of the molecule is CN1C(=O)N(Cc2ccc(F)cc2)Cc2oc(C(=O)NCc3ccncc3)nc21. The van der Waals surface area contributed by atoms with E-state index in [2.05, 4.69) is 15.3 Å². The number of hydrogen-bond donors (Lipinski definition) is 1. The lowest BCUT2D eigenvalue weighted by atomic mass is 10.2. The molecule has 9 heteroatoms. The van der Waals surface area contributed by atoms with E-state index < -0.39 is 5.91 Å². The monoisotopic (exact) mass is 395 g/mol. The second kappa shape index (κ2) is 7.70. The number of benzene rings is 1. The molecule has 3 aromatic rings. The fraction of sp³-hybridized carbons (Fsp3) is 0.200. The number of pyridine rings is 1. The summed E-state index contributed by atoms with van der Waals surface area (Å²) < 4.78 is 18.7. The van der Waals surface area contributed by atoms with Crippen molar-refractivity contribution in [2.24, 2.45) is 0 Å². The molecule has 0 unspecified atom stereocenters. The Bertz CT molecular complexity index is 1040. The molecule has 3 amide bonds. The normalized spacial score (nSPS) is 13.4. The smallest absolute Gasteiger partial charge is 0.326 e. The third-order valence-electron chi connectivity index (χ3n) is 4.57. The molecule has 0 saturated heterocycles. The number of fused-ring (bicyclic) bond motifs is 1. The zero-order chi connectivity index (χ0) is 20.4. The molecule has 0 spiro atoms. The van der Waals surface area contributed by atoms with Crippen LogP contribution in [0.5, 0.6) is 0 Å². The summed E-state index contributed by atoms with van der Waals surface area (Å²) in [5.41, 5.74) is 1.67. The molecule has 0 atom stereocenters. The highest BCUT2D eigenvalue weighted by Gasteiger charge is 2.33. The zero-order valence-corrected chi connectivity index (χ0v) is 15.6. The van der Waals surface area contributed by atoms with Crippen LogP contribution in [0.4, 0.5) is 15.0 Å². The number of nitrogens with one attached hydrogen (secondary N) is 1. The van der Waals surface area contributed by atoms with Crippen LogP contribution in [-0.4, -0.2) is 33.9 Å². The molecule has 4 rings (SSSR count). The molecule has 1 aliphatic heterocycles. The van der Waals surface area contributed by atoms with Gasteiger partial charge < -0.3 is 14.6 Å². The minimum absolute atomic E-state index is 0.104. The van der Waals surface area contributed by atoms with Crippen LogP contribution in [0, 0.1) is 5.82 Å². The van der Waals surface area contributed by atoms with E-state index in [9.17, 15) is 14.0 Å². The highest BCUT2D eigenvalue weighted by atomic mass is 19.1. The van der Waals surface area contributed by atoms with Crippen molar-refractivity contribution in [1.82, 2.24) is 20.2 Å². The van der Waals surface area contributed by atoms with Crippen LogP contribution in [-0.2, 0) is 19.6 Å². The highest BCUT2D eigenvalue weighted by Crippen LogP contribution is 2.28. The molecule has 1 aromatic carbocycles. The fourth-order valence-electron chi connectivity index (χ4n) is 3.04. The Morgan fingerprint density at radius 1 is 1.17 bits per heavy atom. The van der Waals surface area contributed by atoms with Crippen LogP contribution < -0.4 is 10.2 Å². The summed E-state index contributed by atoms with van der Waals surface area (Å²) in [5.74, 6) is -0.173. The molecule has 1 aliphatic rings. The third kappa shape index (κ3) is 3.93. The summed E-state index contributed by atoms with van der Waals surface area (Å²) in [4.78, 5) is 36.0. The second-order valence-electron chi connectivity index (χ2n) is 6.63. The first-order valence-corrected chi connectivity index (χ1v) is 8.95. The van der Waals surface area contributed by atoms with Gasteiger partial charge in [-0.3, -0.25) is 14.7 Å². The van der Waals surface area contributed by atoms with Crippen LogP contribution in [0.2, 0.25) is 0 Å². The van der Waals surface area contributed by atoms with Gasteiger partial charge in [-0.15, -0.1) is 0 Å². The second-order valence-corrected chi connectivity index (χ2v) is 6.63. The number of carbonyl (C=O) groups excluding carboxylic acids is 2. The summed E-state index contributed by atoms with van der Waals surface area (Å²) in [6, 6.07) is 9.24. The lowest BCUT2D eigenvalue weighted by Gasteiger charge is -2.31. The maximum absolute atomic E-state index is 13.1. The summed E-state index contributed by atoms with van der Waals surface area (Å²) in [5, 5.41) is 2.73. The molecule has 29 heavy (non-hydrogen) atoms. The molecule has 2 aromatic heterocycles. The molecular formula is C20H18FN5O3. The largest absolute Gasteiger partial charge is 0.433 e. The Hall–Kier alpha value is -3.75. The van der Waals surface area contributed by atoms with E-state index in [0.29, 0.717) is 18.1 Å². The van der Waals surface area contributed by atoms with Crippen LogP contribution in [0.15, 0.2) is 53.2 Å². The number of hydrogen-bond acceptors (Lipinski definition) is 5. The number of halogens is 1. The van der Waals surface area contributed by atoms with E-state index in [4.69, 9.17) is 4.42 Å². The molecule has 0 radical (unpaired) electrons. The highest BCUT2D eigenvalue weighted by molar-refractivity contribution is 5.95. The molecule has 0 saturated carbocycles. The van der Waals surface area contributed by atoms with Crippen molar-refractivity contribution in [3.8, 4) is 0 Å². The number of nitrogens with zero attached hydrogens (tertiary/aromatic N) is 4. The molecular weight excluding hydrogens is 377 g/mol. The van der Waals surface area contributed by atoms with Gasteiger partial charge in [0.05, 0.1) is 6.54 Å². The standard InChI is InChI=1S/C20H18FN5O3/c1-25-17-16(12-26(20(25)28)11-14-2-4-15(21)5-3-14)29-19(24-17)18(27)23-10-13-6-8-22-9-7-13/h2-9H,10-12H2,1H3,(H,23,27). The van der Waals surface area contributed by atoms with E-state index >= 15 is 0 Å². The summed E-state index contributed by atoms with van der Waals surface area (Å²) in [6.45, 7) is 0.757. The Kier molecular flexibility index (Phi) is 4.94. The zero-order valence-electron chi connectivity index (χ0n) is 15.6. The van der Waals surface area contributed by atoms with Crippen LogP contribution in [0.3, 0.4) is 0 Å². The first-order valence-electron chi connectivity index (χ1n) is 8.95. The van der Waals surface area contributed by atoms with Crippen molar-refractivity contribution in [2.45, 2.75) is 19.6 Å². The Labute approximate surface area is 166 Å². The van der Waals surface area contributed by atoms with Crippen LogP contribution in [0.1, 0.15) is 27.6 Å². The van der Waals surface area contributed by atoms with Crippen molar-refractivity contribution < 1.29 is 18.4 Å². The number of oxazole rings is 1. The van der Waals surface area contributed by atoms with Gasteiger partial charge in [0.2, 0.25) is 0 Å². The Balaban J connectivity index is 1.47. The van der Waals surface area contributed by atoms with E-state index in [0.717, 1.165) is 11.1 Å². The average molecular weight is 395 g/mol. The van der Waals surface area contributed by atoms with Crippen LogP contribution in [0.25, 0.3) is 0 Å². The van der Waals surface area contributed by atoms with Crippen molar-refractivity contribution >= 4 is 17.8 Å². The number of urea groups is 1. The first kappa shape index (κ1) is 18.6. The maximum Gasteiger partial charge on any atom is 0.326 e. The van der Waals surface area contributed by atoms with Crippen molar-refractivity contribution in [3.63, 3.8) is 0 Å². The molecule has 1 N–H and O–H groups in total. The predicted molar refractivity (Wildman–Crippen MR) is 101 cm³/mol. The summed E-state index contributed by atoms with van der Waals surface area (Å²) in [7, 11) is 1.57. The van der Waals surface area contributed by atoms with Gasteiger partial charge in [0, 0.05) is 32.5 Å². The number of aromatic nitrogens is 2. The lowest BCUT2D eigenvalue weighted by molar-refractivity contribution is 0.0913. The first-order chi connectivity index (χ1) is 14.0. The Morgan fingerprint density at radius 3 is 2.62 bits per heavy atom. The summed E-state index contributed by atoms with van der Waals surface area (Å²) in [6.07, 6.45) is 3.28. The number of rotatable bonds is 5. The van der Waals surface area contributed by atoms with Crippen LogP contribution >= 0.6 is 0 Å². The number of anilines is 1. The van der Waals surface area contributed by atoms with Gasteiger partial charge in [0.15, 0.2) is 11.6 Å². The van der Waals surface area contributed by atoms with Gasteiger partial charge in [-0.25, -0.2) is 9.18 Å². The van der Waals surface area contributed by atoms with Crippen molar-refractivity contribution in [2.75, 3.05) is 11.9 Å². The quantitative estimate of drug-likeness (QED) is 0.717. The number of carbonyl (C=O) groups is 2. The summed E-state index contributed by atoms with van der Waals surface area (Å²) >= 11 is 0. The van der Waals surface area contributed by atoms with Gasteiger partial charge in [-0.2, -0.15) is 4.98 Å². The van der Waals surface area contributed by atoms with Crippen molar-refractivity contribution in [3.05, 3.63) is 77.4 Å². The third-order valence-corrected chi connectivity index (χ3v) is 4.57. The molecule has 0 bridgehead atoms. The minimum atomic E-state index is -0.470. The van der Waals surface area contributed by atoms with Gasteiger partial charge in [-0.1, -0.05) is 12.1 Å². The molecule has 148 valence electrons. The predicted octanol–water partition coefficient (Wildman–Crippen LogP) is 2.71. The molecule has 0 fully saturated rings. The van der Waals surface area contributed by atoms with Gasteiger partial charge in [0.1, 0.15) is 5.82 Å². The molecule has 3 heterocycles. The minimum Gasteiger partial charge on any atom is -0.433 e.